The lowest BCUT2D eigenvalue weighted by atomic mass is 9.77. The molecule has 0 unspecified atom stereocenters. The normalized spacial score (nSPS) is 20.7. The summed E-state index contributed by atoms with van der Waals surface area (Å²) < 4.78 is 27.4. The predicted octanol–water partition coefficient (Wildman–Crippen LogP) is 6.11. The molecule has 2 atom stereocenters. The molecule has 1 aliphatic carbocycles. The van der Waals surface area contributed by atoms with Gasteiger partial charge in [0.25, 0.3) is 0 Å². The minimum atomic E-state index is -3.52. The van der Waals surface area contributed by atoms with Crippen LogP contribution in [0.5, 0.6) is 0 Å². The molecule has 0 bridgehead atoms. The quantitative estimate of drug-likeness (QED) is 0.480. The summed E-state index contributed by atoms with van der Waals surface area (Å²) in [5.41, 5.74) is 5.27. The molecule has 1 aliphatic rings. The molecular formula is C24H21BrO2S. The van der Waals surface area contributed by atoms with Crippen LogP contribution in [-0.4, -0.2) is 13.7 Å². The molecule has 0 spiro atoms. The van der Waals surface area contributed by atoms with Gasteiger partial charge in [-0.3, -0.25) is 0 Å². The zero-order valence-electron chi connectivity index (χ0n) is 15.5. The molecule has 4 heteroatoms. The van der Waals surface area contributed by atoms with Crippen LogP contribution in [0.15, 0.2) is 88.7 Å². The molecule has 142 valence electrons. The Morgan fingerprint density at radius 3 is 2.21 bits per heavy atom. The molecule has 0 aromatic heterocycles. The highest BCUT2D eigenvalue weighted by Gasteiger charge is 2.41. The fourth-order valence-corrected chi connectivity index (χ4v) is 6.41. The van der Waals surface area contributed by atoms with Crippen LogP contribution in [0.1, 0.15) is 34.6 Å². The van der Waals surface area contributed by atoms with Gasteiger partial charge in [-0.25, -0.2) is 8.42 Å². The summed E-state index contributed by atoms with van der Waals surface area (Å²) in [4.78, 5) is 2.25. The predicted molar refractivity (Wildman–Crippen MR) is 118 cm³/mol. The Hall–Kier alpha value is -2.17. The van der Waals surface area contributed by atoms with Crippen molar-refractivity contribution in [2.24, 2.45) is 0 Å². The van der Waals surface area contributed by atoms with Crippen molar-refractivity contribution >= 4 is 31.3 Å². The second-order valence-electron chi connectivity index (χ2n) is 7.21. The van der Waals surface area contributed by atoms with Crippen LogP contribution in [0.2, 0.25) is 0 Å². The van der Waals surface area contributed by atoms with Crippen molar-refractivity contribution < 1.29 is 8.42 Å². The molecule has 2 nitrogen and oxygen atoms in total. The van der Waals surface area contributed by atoms with E-state index in [0.29, 0.717) is 11.3 Å². The van der Waals surface area contributed by atoms with E-state index in [0.717, 1.165) is 27.8 Å². The number of benzene rings is 3. The smallest absolute Gasteiger partial charge is 0.182 e. The summed E-state index contributed by atoms with van der Waals surface area (Å²) in [5.74, 6) is -0.208. The third-order valence-electron chi connectivity index (χ3n) is 5.47. The average molecular weight is 453 g/mol. The maximum Gasteiger partial charge on any atom is 0.182 e. The Morgan fingerprint density at radius 1 is 0.893 bits per heavy atom. The van der Waals surface area contributed by atoms with Crippen molar-refractivity contribution in [2.75, 3.05) is 0 Å². The first kappa shape index (κ1) is 19.2. The molecule has 3 aromatic carbocycles. The minimum absolute atomic E-state index is 0.208. The van der Waals surface area contributed by atoms with E-state index in [9.17, 15) is 8.42 Å². The topological polar surface area (TPSA) is 34.1 Å². The fourth-order valence-electron chi connectivity index (χ4n) is 4.05. The first-order valence-corrected chi connectivity index (χ1v) is 11.7. The Kier molecular flexibility index (Phi) is 5.26. The highest BCUT2D eigenvalue weighted by atomic mass is 79.9. The lowest BCUT2D eigenvalue weighted by Gasteiger charge is -2.35. The third kappa shape index (κ3) is 3.36. The second kappa shape index (κ2) is 7.69. The summed E-state index contributed by atoms with van der Waals surface area (Å²) in [6.07, 6.45) is 0.470. The van der Waals surface area contributed by atoms with E-state index in [1.54, 1.807) is 12.1 Å². The van der Waals surface area contributed by atoms with E-state index < -0.39 is 15.1 Å². The van der Waals surface area contributed by atoms with Crippen LogP contribution in [0.3, 0.4) is 0 Å². The average Bonchev–Trinajstić information content (AvgIpc) is 2.73. The first-order valence-electron chi connectivity index (χ1n) is 9.26. The van der Waals surface area contributed by atoms with Gasteiger partial charge >= 0.3 is 0 Å². The number of fused-ring (bicyclic) bond motifs is 1. The van der Waals surface area contributed by atoms with Crippen molar-refractivity contribution in [1.82, 2.24) is 0 Å². The van der Waals surface area contributed by atoms with E-state index in [4.69, 9.17) is 0 Å². The van der Waals surface area contributed by atoms with Gasteiger partial charge in [0.05, 0.1) is 10.1 Å². The monoisotopic (exact) mass is 452 g/mol. The van der Waals surface area contributed by atoms with Crippen molar-refractivity contribution in [3.63, 3.8) is 0 Å². The van der Waals surface area contributed by atoms with Crippen LogP contribution >= 0.6 is 15.9 Å². The Labute approximate surface area is 175 Å². The van der Waals surface area contributed by atoms with Gasteiger partial charge in [0.2, 0.25) is 0 Å². The molecular weight excluding hydrogens is 432 g/mol. The van der Waals surface area contributed by atoms with Gasteiger partial charge < -0.3 is 0 Å². The van der Waals surface area contributed by atoms with E-state index in [-0.39, 0.29) is 5.92 Å². The number of halogens is 1. The number of sulfone groups is 1. The summed E-state index contributed by atoms with van der Waals surface area (Å²) in [6.45, 7) is 1.96. The molecule has 4 rings (SSSR count). The minimum Gasteiger partial charge on any atom is -0.223 e. The summed E-state index contributed by atoms with van der Waals surface area (Å²) in [5, 5.41) is -0.559. The molecule has 0 aliphatic heterocycles. The van der Waals surface area contributed by atoms with E-state index in [1.807, 2.05) is 66.5 Å². The number of rotatable bonds is 3. The van der Waals surface area contributed by atoms with Crippen molar-refractivity contribution in [3.8, 4) is 0 Å². The Balaban J connectivity index is 1.93. The standard InChI is InChI=1S/C24H21BrO2S/c1-17-11-13-20(14-12-17)28(26,27)23-15-19(16-25)21-9-5-6-10-22(21)24(23)18-7-3-2-4-8-18/h2-14,16,23-24H,15H2,1H3/b19-16+/t23-,24-/m0/s1. The molecule has 0 fully saturated rings. The van der Waals surface area contributed by atoms with Crippen molar-refractivity contribution in [1.29, 1.82) is 0 Å². The lowest BCUT2D eigenvalue weighted by molar-refractivity contribution is 0.564. The number of allylic oxidation sites excluding steroid dienone is 1. The molecule has 0 saturated heterocycles. The van der Waals surface area contributed by atoms with Gasteiger partial charge in [0.1, 0.15) is 0 Å². The maximum atomic E-state index is 13.7. The number of hydrogen-bond donors (Lipinski definition) is 0. The van der Waals surface area contributed by atoms with Crippen LogP contribution in [0.4, 0.5) is 0 Å². The van der Waals surface area contributed by atoms with Gasteiger partial charge in [0.15, 0.2) is 9.84 Å². The van der Waals surface area contributed by atoms with Gasteiger partial charge in [-0.05, 0) is 52.7 Å². The number of aryl methyl sites for hydroxylation is 1. The molecule has 0 radical (unpaired) electrons. The lowest BCUT2D eigenvalue weighted by Crippen LogP contribution is -2.33. The Bertz CT molecular complexity index is 1120. The van der Waals surface area contributed by atoms with Crippen LogP contribution in [0, 0.1) is 6.92 Å². The molecule has 3 aromatic rings. The van der Waals surface area contributed by atoms with Gasteiger partial charge in [-0.2, -0.15) is 0 Å². The largest absolute Gasteiger partial charge is 0.223 e. The maximum absolute atomic E-state index is 13.7. The fraction of sp³-hybridized carbons (Fsp3) is 0.167. The van der Waals surface area contributed by atoms with Gasteiger partial charge in [0, 0.05) is 5.92 Å². The zero-order valence-corrected chi connectivity index (χ0v) is 17.9. The summed E-state index contributed by atoms with van der Waals surface area (Å²) in [6, 6.07) is 25.3. The Morgan fingerprint density at radius 2 is 1.54 bits per heavy atom. The highest BCUT2D eigenvalue weighted by molar-refractivity contribution is 9.11. The summed E-state index contributed by atoms with van der Waals surface area (Å²) >= 11 is 3.46. The molecule has 0 saturated carbocycles. The molecule has 0 N–H and O–H groups in total. The molecule has 28 heavy (non-hydrogen) atoms. The summed E-state index contributed by atoms with van der Waals surface area (Å²) in [7, 11) is -3.52. The van der Waals surface area contributed by atoms with Crippen LogP contribution in [0.25, 0.3) is 5.57 Å². The van der Waals surface area contributed by atoms with Gasteiger partial charge in [-0.1, -0.05) is 88.2 Å². The SMILES string of the molecule is Cc1ccc(S(=O)(=O)[C@H]2C/C(=C\Br)c3ccccc3[C@@H]2c2ccccc2)cc1. The second-order valence-corrected chi connectivity index (χ2v) is 9.84. The number of hydrogen-bond acceptors (Lipinski definition) is 2. The van der Waals surface area contributed by atoms with E-state index in [2.05, 4.69) is 28.1 Å². The molecule has 0 amide bonds. The van der Waals surface area contributed by atoms with Crippen LogP contribution in [-0.2, 0) is 9.84 Å². The molecule has 0 heterocycles. The zero-order chi connectivity index (χ0) is 19.7. The van der Waals surface area contributed by atoms with Crippen molar-refractivity contribution in [2.45, 2.75) is 29.4 Å². The van der Waals surface area contributed by atoms with E-state index in [1.165, 1.54) is 0 Å². The van der Waals surface area contributed by atoms with E-state index >= 15 is 0 Å². The highest BCUT2D eigenvalue weighted by Crippen LogP contribution is 2.46. The van der Waals surface area contributed by atoms with Gasteiger partial charge in [-0.15, -0.1) is 0 Å². The van der Waals surface area contributed by atoms with Crippen LogP contribution < -0.4 is 0 Å². The first-order chi connectivity index (χ1) is 13.5. The van der Waals surface area contributed by atoms with Crippen molar-refractivity contribution in [3.05, 3.63) is 106 Å². The third-order valence-corrected chi connectivity index (χ3v) is 8.19.